The van der Waals surface area contributed by atoms with E-state index in [9.17, 15) is 13.2 Å². The Morgan fingerprint density at radius 1 is 1.36 bits per heavy atom. The number of rotatable bonds is 2. The summed E-state index contributed by atoms with van der Waals surface area (Å²) in [5, 5.41) is 2.87. The molecule has 0 unspecified atom stereocenters. The van der Waals surface area contributed by atoms with Gasteiger partial charge in [0.2, 0.25) is 0 Å². The van der Waals surface area contributed by atoms with E-state index in [1.54, 1.807) is 7.05 Å². The maximum absolute atomic E-state index is 11.5. The van der Waals surface area contributed by atoms with Crippen LogP contribution in [0, 0.1) is 0 Å². The van der Waals surface area contributed by atoms with Crippen molar-refractivity contribution in [3.05, 3.63) is 0 Å². The fraction of sp³-hybridized carbons (Fsp3) is 0.875. The van der Waals surface area contributed by atoms with Crippen LogP contribution in [0.4, 0.5) is 0 Å². The Hall–Kier alpha value is -0.620. The number of esters is 1. The number of methoxy groups -OCH3 is 1. The standard InChI is InChI=1S/C8H15NO4S/c1-9-8(7(10)13-2)3-5-14(11,12)6-4-8/h9H,3-6H2,1-2H3. The van der Waals surface area contributed by atoms with Gasteiger partial charge in [0.1, 0.15) is 15.4 Å². The van der Waals surface area contributed by atoms with E-state index in [0.717, 1.165) is 0 Å². The maximum atomic E-state index is 11.5. The van der Waals surface area contributed by atoms with Gasteiger partial charge in [-0.15, -0.1) is 0 Å². The average molecular weight is 221 g/mol. The molecule has 5 nitrogen and oxygen atoms in total. The van der Waals surface area contributed by atoms with Crippen molar-refractivity contribution in [2.24, 2.45) is 0 Å². The van der Waals surface area contributed by atoms with Crippen LogP contribution >= 0.6 is 0 Å². The lowest BCUT2D eigenvalue weighted by atomic mass is 9.93. The lowest BCUT2D eigenvalue weighted by molar-refractivity contribution is -0.148. The molecule has 0 aliphatic carbocycles. The third kappa shape index (κ3) is 2.06. The molecule has 1 rings (SSSR count). The van der Waals surface area contributed by atoms with Crippen LogP contribution in [0.5, 0.6) is 0 Å². The largest absolute Gasteiger partial charge is 0.468 e. The molecule has 1 saturated heterocycles. The Morgan fingerprint density at radius 3 is 2.21 bits per heavy atom. The molecule has 14 heavy (non-hydrogen) atoms. The Balaban J connectivity index is 2.81. The van der Waals surface area contributed by atoms with Gasteiger partial charge in [-0.3, -0.25) is 4.79 Å². The second-order valence-corrected chi connectivity index (χ2v) is 5.78. The zero-order valence-electron chi connectivity index (χ0n) is 8.37. The van der Waals surface area contributed by atoms with Crippen molar-refractivity contribution in [2.75, 3.05) is 25.7 Å². The second-order valence-electron chi connectivity index (χ2n) is 3.48. The van der Waals surface area contributed by atoms with E-state index < -0.39 is 15.4 Å². The normalized spacial score (nSPS) is 24.1. The number of carbonyl (C=O) groups excluding carboxylic acids is 1. The summed E-state index contributed by atoms with van der Waals surface area (Å²) in [4.78, 5) is 11.5. The molecule has 0 aromatic heterocycles. The molecular weight excluding hydrogens is 206 g/mol. The Bertz CT molecular complexity index is 308. The first kappa shape index (κ1) is 11.5. The van der Waals surface area contributed by atoms with Crippen molar-refractivity contribution < 1.29 is 17.9 Å². The molecule has 1 aliphatic rings. The third-order valence-corrected chi connectivity index (χ3v) is 4.39. The number of carbonyl (C=O) groups is 1. The van der Waals surface area contributed by atoms with E-state index in [-0.39, 0.29) is 17.5 Å². The molecule has 1 fully saturated rings. The SMILES string of the molecule is CNC1(C(=O)OC)CCS(=O)(=O)CC1. The molecule has 82 valence electrons. The number of nitrogens with one attached hydrogen (secondary N) is 1. The van der Waals surface area contributed by atoms with Crippen molar-refractivity contribution in [3.8, 4) is 0 Å². The number of hydrogen-bond acceptors (Lipinski definition) is 5. The number of hydrogen-bond donors (Lipinski definition) is 1. The van der Waals surface area contributed by atoms with Crippen LogP contribution in [-0.2, 0) is 19.4 Å². The molecule has 0 spiro atoms. The summed E-state index contributed by atoms with van der Waals surface area (Å²) in [7, 11) is 0.00432. The van der Waals surface area contributed by atoms with E-state index in [1.165, 1.54) is 7.11 Å². The molecule has 1 N–H and O–H groups in total. The topological polar surface area (TPSA) is 72.5 Å². The number of likely N-dealkylation sites (N-methyl/N-ethyl adjacent to an activating group) is 1. The van der Waals surface area contributed by atoms with Crippen LogP contribution in [0.15, 0.2) is 0 Å². The van der Waals surface area contributed by atoms with Gasteiger partial charge in [0.25, 0.3) is 0 Å². The molecule has 0 amide bonds. The molecule has 0 aromatic carbocycles. The van der Waals surface area contributed by atoms with E-state index in [0.29, 0.717) is 12.8 Å². The van der Waals surface area contributed by atoms with Crippen LogP contribution in [0.2, 0.25) is 0 Å². The highest BCUT2D eigenvalue weighted by Crippen LogP contribution is 2.24. The third-order valence-electron chi connectivity index (χ3n) is 2.73. The minimum absolute atomic E-state index is 0.0446. The Kier molecular flexibility index (Phi) is 3.16. The van der Waals surface area contributed by atoms with Gasteiger partial charge in [-0.2, -0.15) is 0 Å². The monoisotopic (exact) mass is 221 g/mol. The Labute approximate surface area is 83.7 Å². The highest BCUT2D eigenvalue weighted by molar-refractivity contribution is 7.91. The minimum atomic E-state index is -2.95. The summed E-state index contributed by atoms with van der Waals surface area (Å²) in [5.74, 6) is -0.291. The summed E-state index contributed by atoms with van der Waals surface area (Å²) < 4.78 is 27.0. The van der Waals surface area contributed by atoms with Crippen molar-refractivity contribution >= 4 is 15.8 Å². The van der Waals surface area contributed by atoms with Crippen molar-refractivity contribution in [3.63, 3.8) is 0 Å². The number of sulfone groups is 1. The van der Waals surface area contributed by atoms with Crippen LogP contribution < -0.4 is 5.32 Å². The van der Waals surface area contributed by atoms with Gasteiger partial charge in [0.05, 0.1) is 18.6 Å². The smallest absolute Gasteiger partial charge is 0.326 e. The predicted molar refractivity (Wildman–Crippen MR) is 51.7 cm³/mol. The summed E-state index contributed by atoms with van der Waals surface area (Å²) >= 11 is 0. The maximum Gasteiger partial charge on any atom is 0.326 e. The summed E-state index contributed by atoms with van der Waals surface area (Å²) in [5.41, 5.74) is -0.805. The van der Waals surface area contributed by atoms with Crippen LogP contribution in [0.3, 0.4) is 0 Å². The molecule has 0 radical (unpaired) electrons. The summed E-state index contributed by atoms with van der Waals surface area (Å²) in [6.45, 7) is 0. The van der Waals surface area contributed by atoms with Crippen molar-refractivity contribution in [1.82, 2.24) is 5.32 Å². The van der Waals surface area contributed by atoms with E-state index >= 15 is 0 Å². The van der Waals surface area contributed by atoms with Gasteiger partial charge >= 0.3 is 5.97 Å². The predicted octanol–water partition coefficient (Wildman–Crippen LogP) is -0.674. The van der Waals surface area contributed by atoms with Gasteiger partial charge in [0.15, 0.2) is 0 Å². The van der Waals surface area contributed by atoms with Gasteiger partial charge < -0.3 is 10.1 Å². The first-order valence-electron chi connectivity index (χ1n) is 4.43. The Morgan fingerprint density at radius 2 is 1.86 bits per heavy atom. The fourth-order valence-electron chi connectivity index (χ4n) is 1.64. The van der Waals surface area contributed by atoms with Crippen molar-refractivity contribution in [2.45, 2.75) is 18.4 Å². The highest BCUT2D eigenvalue weighted by atomic mass is 32.2. The van der Waals surface area contributed by atoms with Crippen LogP contribution in [0.1, 0.15) is 12.8 Å². The molecule has 1 heterocycles. The average Bonchev–Trinajstić information content (AvgIpc) is 2.18. The first-order chi connectivity index (χ1) is 6.46. The molecule has 6 heteroatoms. The summed E-state index contributed by atoms with van der Waals surface area (Å²) in [6.07, 6.45) is 0.580. The first-order valence-corrected chi connectivity index (χ1v) is 6.26. The van der Waals surface area contributed by atoms with E-state index in [2.05, 4.69) is 10.1 Å². The lowest BCUT2D eigenvalue weighted by Gasteiger charge is -2.33. The lowest BCUT2D eigenvalue weighted by Crippen LogP contribution is -2.55. The van der Waals surface area contributed by atoms with Gasteiger partial charge in [-0.25, -0.2) is 8.42 Å². The fourth-order valence-corrected chi connectivity index (χ4v) is 3.16. The van der Waals surface area contributed by atoms with Gasteiger partial charge in [0, 0.05) is 0 Å². The summed E-state index contributed by atoms with van der Waals surface area (Å²) in [6, 6.07) is 0. The minimum Gasteiger partial charge on any atom is -0.468 e. The second kappa shape index (κ2) is 3.86. The molecule has 0 atom stereocenters. The zero-order chi connectivity index (χ0) is 10.8. The molecular formula is C8H15NO4S. The van der Waals surface area contributed by atoms with Gasteiger partial charge in [-0.1, -0.05) is 0 Å². The zero-order valence-corrected chi connectivity index (χ0v) is 9.19. The van der Waals surface area contributed by atoms with Crippen LogP contribution in [0.25, 0.3) is 0 Å². The molecule has 0 saturated carbocycles. The van der Waals surface area contributed by atoms with Gasteiger partial charge in [-0.05, 0) is 19.9 Å². The number of ether oxygens (including phenoxy) is 1. The van der Waals surface area contributed by atoms with Crippen molar-refractivity contribution in [1.29, 1.82) is 0 Å². The molecule has 0 aromatic rings. The molecule has 1 aliphatic heterocycles. The van der Waals surface area contributed by atoms with E-state index in [4.69, 9.17) is 0 Å². The van der Waals surface area contributed by atoms with E-state index in [1.807, 2.05) is 0 Å². The highest BCUT2D eigenvalue weighted by Gasteiger charge is 2.43. The quantitative estimate of drug-likeness (QED) is 0.626. The van der Waals surface area contributed by atoms with Crippen LogP contribution in [-0.4, -0.2) is 45.6 Å². The molecule has 0 bridgehead atoms.